The van der Waals surface area contributed by atoms with Crippen LogP contribution in [0.1, 0.15) is 25.0 Å². The molecule has 0 aliphatic carbocycles. The second kappa shape index (κ2) is 6.78. The van der Waals surface area contributed by atoms with Crippen LogP contribution in [0.5, 0.6) is 0 Å². The summed E-state index contributed by atoms with van der Waals surface area (Å²) in [5.41, 5.74) is 4.68. The maximum Gasteiger partial charge on any atom is 0.0406 e. The van der Waals surface area contributed by atoms with Gasteiger partial charge in [-0.05, 0) is 60.4 Å². The van der Waals surface area contributed by atoms with Crippen molar-refractivity contribution < 1.29 is 0 Å². The van der Waals surface area contributed by atoms with E-state index in [1.165, 1.54) is 11.1 Å². The lowest BCUT2D eigenvalue weighted by molar-refractivity contribution is 1.55. The number of allylic oxidation sites excluding steroid dienone is 4. The minimum absolute atomic E-state index is 0.748. The smallest absolute Gasteiger partial charge is 0.0406 e. The summed E-state index contributed by atoms with van der Waals surface area (Å²) in [6.07, 6.45) is 4.24. The Morgan fingerprint density at radius 3 is 1.20 bits per heavy atom. The minimum Gasteiger partial charge on any atom is -0.0843 e. The number of rotatable bonds is 3. The molecule has 0 N–H and O–H groups in total. The van der Waals surface area contributed by atoms with E-state index in [4.69, 9.17) is 23.2 Å². The molecule has 2 heteroatoms. The highest BCUT2D eigenvalue weighted by atomic mass is 35.5. The molecule has 102 valence electrons. The molecule has 0 aliphatic heterocycles. The normalized spacial score (nSPS) is 12.6. The molecular weight excluding hydrogens is 287 g/mol. The van der Waals surface area contributed by atoms with E-state index in [1.807, 2.05) is 62.4 Å². The predicted octanol–water partition coefficient (Wildman–Crippen LogP) is 6.50. The summed E-state index contributed by atoms with van der Waals surface area (Å²) in [6, 6.07) is 15.8. The van der Waals surface area contributed by atoms with Crippen LogP contribution in [-0.2, 0) is 0 Å². The Labute approximate surface area is 130 Å². The third kappa shape index (κ3) is 3.33. The summed E-state index contributed by atoms with van der Waals surface area (Å²) in [5, 5.41) is 1.50. The number of halogens is 2. The molecule has 0 bridgehead atoms. The van der Waals surface area contributed by atoms with Crippen LogP contribution in [-0.4, -0.2) is 0 Å². The minimum atomic E-state index is 0.748. The SMILES string of the molecule is CC=C(C(=CC)c1ccc(Cl)cc1)c1ccc(Cl)cc1. The van der Waals surface area contributed by atoms with Gasteiger partial charge in [-0.25, -0.2) is 0 Å². The third-order valence-electron chi connectivity index (χ3n) is 3.18. The van der Waals surface area contributed by atoms with Crippen LogP contribution in [0.4, 0.5) is 0 Å². The molecule has 2 aromatic carbocycles. The van der Waals surface area contributed by atoms with Crippen molar-refractivity contribution in [1.29, 1.82) is 0 Å². The van der Waals surface area contributed by atoms with Crippen molar-refractivity contribution >= 4 is 34.3 Å². The molecule has 0 heterocycles. The highest BCUT2D eigenvalue weighted by Crippen LogP contribution is 2.32. The molecule has 0 saturated carbocycles. The second-order valence-corrected chi connectivity index (χ2v) is 5.29. The van der Waals surface area contributed by atoms with Crippen molar-refractivity contribution in [3.63, 3.8) is 0 Å². The zero-order valence-electron chi connectivity index (χ0n) is 11.5. The van der Waals surface area contributed by atoms with Gasteiger partial charge >= 0.3 is 0 Å². The van der Waals surface area contributed by atoms with Crippen LogP contribution in [0.3, 0.4) is 0 Å². The largest absolute Gasteiger partial charge is 0.0843 e. The quantitative estimate of drug-likeness (QED) is 0.568. The topological polar surface area (TPSA) is 0 Å². The lowest BCUT2D eigenvalue weighted by Crippen LogP contribution is -1.90. The fourth-order valence-electron chi connectivity index (χ4n) is 2.21. The molecule has 0 aliphatic rings. The van der Waals surface area contributed by atoms with Gasteiger partial charge in [-0.3, -0.25) is 0 Å². The van der Waals surface area contributed by atoms with Crippen molar-refractivity contribution in [3.05, 3.63) is 81.9 Å². The zero-order chi connectivity index (χ0) is 14.5. The molecule has 0 radical (unpaired) electrons. The number of benzene rings is 2. The maximum absolute atomic E-state index is 5.96. The summed E-state index contributed by atoms with van der Waals surface area (Å²) in [5.74, 6) is 0. The Morgan fingerprint density at radius 2 is 0.950 bits per heavy atom. The Bertz CT molecular complexity index is 573. The Balaban J connectivity index is 2.44. The molecule has 20 heavy (non-hydrogen) atoms. The summed E-state index contributed by atoms with van der Waals surface area (Å²) < 4.78 is 0. The van der Waals surface area contributed by atoms with Crippen LogP contribution in [0.2, 0.25) is 10.0 Å². The monoisotopic (exact) mass is 302 g/mol. The van der Waals surface area contributed by atoms with Gasteiger partial charge in [-0.1, -0.05) is 59.6 Å². The average Bonchev–Trinajstić information content (AvgIpc) is 2.47. The van der Waals surface area contributed by atoms with Crippen LogP contribution in [0.15, 0.2) is 60.7 Å². The summed E-state index contributed by atoms with van der Waals surface area (Å²) in [6.45, 7) is 4.09. The van der Waals surface area contributed by atoms with Gasteiger partial charge in [0.1, 0.15) is 0 Å². The molecule has 0 nitrogen and oxygen atoms in total. The van der Waals surface area contributed by atoms with E-state index in [0.29, 0.717) is 0 Å². The summed E-state index contributed by atoms with van der Waals surface area (Å²) in [4.78, 5) is 0. The molecule has 2 aromatic rings. The highest BCUT2D eigenvalue weighted by molar-refractivity contribution is 6.31. The summed E-state index contributed by atoms with van der Waals surface area (Å²) >= 11 is 11.9. The molecule has 0 amide bonds. The first kappa shape index (κ1) is 14.9. The van der Waals surface area contributed by atoms with Gasteiger partial charge < -0.3 is 0 Å². The fourth-order valence-corrected chi connectivity index (χ4v) is 2.47. The van der Waals surface area contributed by atoms with Gasteiger partial charge in [0.05, 0.1) is 0 Å². The average molecular weight is 303 g/mol. The van der Waals surface area contributed by atoms with E-state index in [1.54, 1.807) is 0 Å². The Morgan fingerprint density at radius 1 is 0.650 bits per heavy atom. The third-order valence-corrected chi connectivity index (χ3v) is 3.68. The van der Waals surface area contributed by atoms with E-state index in [0.717, 1.165) is 21.2 Å². The van der Waals surface area contributed by atoms with Crippen LogP contribution in [0.25, 0.3) is 11.1 Å². The van der Waals surface area contributed by atoms with Crippen molar-refractivity contribution in [2.75, 3.05) is 0 Å². The lowest BCUT2D eigenvalue weighted by Gasteiger charge is -2.13. The fraction of sp³-hybridized carbons (Fsp3) is 0.111. The van der Waals surface area contributed by atoms with Crippen LogP contribution in [0, 0.1) is 0 Å². The van der Waals surface area contributed by atoms with Gasteiger partial charge in [0.15, 0.2) is 0 Å². The highest BCUT2D eigenvalue weighted by Gasteiger charge is 2.09. The van der Waals surface area contributed by atoms with E-state index in [-0.39, 0.29) is 0 Å². The molecular formula is C18H16Cl2. The first-order chi connectivity index (χ1) is 9.65. The van der Waals surface area contributed by atoms with Crippen molar-refractivity contribution in [3.8, 4) is 0 Å². The predicted molar refractivity (Wildman–Crippen MR) is 90.2 cm³/mol. The summed E-state index contributed by atoms with van der Waals surface area (Å²) in [7, 11) is 0. The van der Waals surface area contributed by atoms with Gasteiger partial charge in [0.25, 0.3) is 0 Å². The van der Waals surface area contributed by atoms with E-state index in [2.05, 4.69) is 12.2 Å². The second-order valence-electron chi connectivity index (χ2n) is 4.42. The van der Waals surface area contributed by atoms with E-state index in [9.17, 15) is 0 Å². The van der Waals surface area contributed by atoms with Gasteiger partial charge in [-0.15, -0.1) is 0 Å². The molecule has 0 fully saturated rings. The molecule has 0 saturated heterocycles. The molecule has 0 aromatic heterocycles. The van der Waals surface area contributed by atoms with Crippen molar-refractivity contribution in [1.82, 2.24) is 0 Å². The first-order valence-corrected chi connectivity index (χ1v) is 7.26. The molecule has 0 atom stereocenters. The van der Waals surface area contributed by atoms with Crippen LogP contribution >= 0.6 is 23.2 Å². The number of hydrogen-bond donors (Lipinski definition) is 0. The van der Waals surface area contributed by atoms with E-state index < -0.39 is 0 Å². The Hall–Kier alpha value is -1.50. The van der Waals surface area contributed by atoms with Gasteiger partial charge in [0.2, 0.25) is 0 Å². The van der Waals surface area contributed by atoms with Crippen molar-refractivity contribution in [2.45, 2.75) is 13.8 Å². The zero-order valence-corrected chi connectivity index (χ0v) is 13.0. The molecule has 2 rings (SSSR count). The Kier molecular flexibility index (Phi) is 5.05. The van der Waals surface area contributed by atoms with Gasteiger partial charge in [0, 0.05) is 10.0 Å². The van der Waals surface area contributed by atoms with Gasteiger partial charge in [-0.2, -0.15) is 0 Å². The van der Waals surface area contributed by atoms with E-state index >= 15 is 0 Å². The maximum atomic E-state index is 5.96. The lowest BCUT2D eigenvalue weighted by atomic mass is 9.92. The first-order valence-electron chi connectivity index (χ1n) is 6.50. The van der Waals surface area contributed by atoms with Crippen LogP contribution < -0.4 is 0 Å². The number of hydrogen-bond acceptors (Lipinski definition) is 0. The standard InChI is InChI=1S/C18H16Cl2/c1-3-17(13-5-9-15(19)10-6-13)18(4-2)14-7-11-16(20)12-8-14/h3-12H,1-2H3. The molecule has 0 unspecified atom stereocenters. The van der Waals surface area contributed by atoms with Crippen molar-refractivity contribution in [2.24, 2.45) is 0 Å². The molecule has 0 spiro atoms.